The van der Waals surface area contributed by atoms with Crippen molar-refractivity contribution < 1.29 is 14.9 Å². The molecule has 0 aliphatic heterocycles. The largest absolute Gasteiger partial charge is 0.396 e. The molecule has 4 heteroatoms. The monoisotopic (exact) mass is 219 g/mol. The normalized spacial score (nSPS) is 17.8. The van der Waals surface area contributed by atoms with Gasteiger partial charge in [-0.1, -0.05) is 13.8 Å². The summed E-state index contributed by atoms with van der Waals surface area (Å²) in [6.07, 6.45) is 0.466. The van der Waals surface area contributed by atoms with Gasteiger partial charge in [-0.3, -0.25) is 0 Å². The molecule has 2 unspecified atom stereocenters. The van der Waals surface area contributed by atoms with Gasteiger partial charge in [0.1, 0.15) is 0 Å². The molecule has 0 aliphatic rings. The summed E-state index contributed by atoms with van der Waals surface area (Å²) in [5, 5.41) is 18.8. The van der Waals surface area contributed by atoms with Crippen LogP contribution in [0.1, 0.15) is 20.3 Å². The van der Waals surface area contributed by atoms with Crippen molar-refractivity contribution in [1.29, 1.82) is 0 Å². The second kappa shape index (κ2) is 7.17. The Kier molecular flexibility index (Phi) is 7.09. The Morgan fingerprint density at radius 3 is 2.47 bits per heavy atom. The molecule has 0 fully saturated rings. The van der Waals surface area contributed by atoms with Gasteiger partial charge in [0, 0.05) is 32.2 Å². The molecule has 92 valence electrons. The lowest BCUT2D eigenvalue weighted by atomic mass is 9.88. The molecule has 0 aromatic rings. The lowest BCUT2D eigenvalue weighted by Crippen LogP contribution is -2.40. The maximum Gasteiger partial charge on any atom is 0.0899 e. The number of nitrogens with zero attached hydrogens (tertiary/aromatic N) is 1. The molecular weight excluding hydrogens is 194 g/mol. The maximum absolute atomic E-state index is 9.53. The van der Waals surface area contributed by atoms with Crippen LogP contribution in [0.3, 0.4) is 0 Å². The SMILES string of the molecule is CCC(C)(CO)CN(C)CC(O)COC. The van der Waals surface area contributed by atoms with E-state index >= 15 is 0 Å². The van der Waals surface area contributed by atoms with Gasteiger partial charge in [-0.25, -0.2) is 0 Å². The van der Waals surface area contributed by atoms with Crippen LogP contribution in [-0.2, 0) is 4.74 Å². The second-order valence-electron chi connectivity index (χ2n) is 4.63. The molecule has 15 heavy (non-hydrogen) atoms. The first-order valence-corrected chi connectivity index (χ1v) is 5.44. The van der Waals surface area contributed by atoms with Crippen molar-refractivity contribution in [3.63, 3.8) is 0 Å². The van der Waals surface area contributed by atoms with E-state index in [0.717, 1.165) is 13.0 Å². The predicted molar refractivity (Wildman–Crippen MR) is 60.9 cm³/mol. The van der Waals surface area contributed by atoms with E-state index < -0.39 is 6.10 Å². The van der Waals surface area contributed by atoms with Crippen LogP contribution in [0.15, 0.2) is 0 Å². The third-order valence-electron chi connectivity index (χ3n) is 2.77. The van der Waals surface area contributed by atoms with Gasteiger partial charge < -0.3 is 19.8 Å². The fourth-order valence-electron chi connectivity index (χ4n) is 1.59. The van der Waals surface area contributed by atoms with Crippen LogP contribution in [0.25, 0.3) is 0 Å². The van der Waals surface area contributed by atoms with Crippen LogP contribution in [0, 0.1) is 5.41 Å². The molecular formula is C11H25NO3. The van der Waals surface area contributed by atoms with Crippen molar-refractivity contribution >= 4 is 0 Å². The highest BCUT2D eigenvalue weighted by Crippen LogP contribution is 2.20. The first-order chi connectivity index (χ1) is 6.97. The highest BCUT2D eigenvalue weighted by Gasteiger charge is 2.23. The van der Waals surface area contributed by atoms with Crippen LogP contribution in [0.4, 0.5) is 0 Å². The number of methoxy groups -OCH3 is 1. The molecule has 0 aromatic heterocycles. The van der Waals surface area contributed by atoms with Crippen molar-refractivity contribution in [3.8, 4) is 0 Å². The highest BCUT2D eigenvalue weighted by atomic mass is 16.5. The topological polar surface area (TPSA) is 52.9 Å². The number of aliphatic hydroxyl groups excluding tert-OH is 2. The van der Waals surface area contributed by atoms with Gasteiger partial charge in [0.25, 0.3) is 0 Å². The van der Waals surface area contributed by atoms with Gasteiger partial charge in [-0.15, -0.1) is 0 Å². The van der Waals surface area contributed by atoms with Crippen LogP contribution in [0.5, 0.6) is 0 Å². The lowest BCUT2D eigenvalue weighted by Gasteiger charge is -2.32. The Hall–Kier alpha value is -0.160. The first-order valence-electron chi connectivity index (χ1n) is 5.44. The molecule has 2 atom stereocenters. The standard InChI is InChI=1S/C11H25NO3/c1-5-11(2,9-13)8-12(3)6-10(14)7-15-4/h10,13-14H,5-9H2,1-4H3. The minimum absolute atomic E-state index is 0.0818. The molecule has 0 radical (unpaired) electrons. The Morgan fingerprint density at radius 1 is 1.47 bits per heavy atom. The molecule has 0 rings (SSSR count). The average molecular weight is 219 g/mol. The molecule has 0 spiro atoms. The van der Waals surface area contributed by atoms with Crippen LogP contribution in [-0.4, -0.2) is 61.7 Å². The summed E-state index contributed by atoms with van der Waals surface area (Å²) in [5.74, 6) is 0. The molecule has 0 amide bonds. The molecule has 0 heterocycles. The zero-order valence-corrected chi connectivity index (χ0v) is 10.4. The Morgan fingerprint density at radius 2 is 2.07 bits per heavy atom. The van der Waals surface area contributed by atoms with E-state index in [1.54, 1.807) is 7.11 Å². The lowest BCUT2D eigenvalue weighted by molar-refractivity contribution is 0.0259. The van der Waals surface area contributed by atoms with Gasteiger partial charge in [0.2, 0.25) is 0 Å². The summed E-state index contributed by atoms with van der Waals surface area (Å²) in [6, 6.07) is 0. The van der Waals surface area contributed by atoms with Gasteiger partial charge in [-0.05, 0) is 13.5 Å². The number of hydrogen-bond acceptors (Lipinski definition) is 4. The zero-order valence-electron chi connectivity index (χ0n) is 10.4. The van der Waals surface area contributed by atoms with E-state index in [4.69, 9.17) is 4.74 Å². The Balaban J connectivity index is 3.95. The number of rotatable bonds is 8. The smallest absolute Gasteiger partial charge is 0.0899 e. The van der Waals surface area contributed by atoms with Crippen molar-refractivity contribution in [2.24, 2.45) is 5.41 Å². The third kappa shape index (κ3) is 6.10. The number of likely N-dealkylation sites (N-methyl/N-ethyl adjacent to an activating group) is 1. The van der Waals surface area contributed by atoms with E-state index in [9.17, 15) is 10.2 Å². The Bertz CT molecular complexity index is 160. The van der Waals surface area contributed by atoms with Crippen LogP contribution < -0.4 is 0 Å². The quantitative estimate of drug-likeness (QED) is 0.618. The third-order valence-corrected chi connectivity index (χ3v) is 2.77. The molecule has 0 saturated carbocycles. The van der Waals surface area contributed by atoms with Crippen molar-refractivity contribution in [3.05, 3.63) is 0 Å². The summed E-state index contributed by atoms with van der Waals surface area (Å²) in [7, 11) is 3.52. The van der Waals surface area contributed by atoms with E-state index in [0.29, 0.717) is 13.2 Å². The number of aliphatic hydroxyl groups is 2. The summed E-state index contributed by atoms with van der Waals surface area (Å²) in [5.41, 5.74) is -0.0818. The van der Waals surface area contributed by atoms with Crippen molar-refractivity contribution in [2.45, 2.75) is 26.4 Å². The molecule has 0 aliphatic carbocycles. The van der Waals surface area contributed by atoms with Crippen molar-refractivity contribution in [2.75, 3.05) is 40.5 Å². The van der Waals surface area contributed by atoms with E-state index in [-0.39, 0.29) is 12.0 Å². The Labute approximate surface area is 92.9 Å². The van der Waals surface area contributed by atoms with Gasteiger partial charge >= 0.3 is 0 Å². The fraction of sp³-hybridized carbons (Fsp3) is 1.00. The summed E-state index contributed by atoms with van der Waals surface area (Å²) < 4.78 is 4.86. The number of hydrogen-bond donors (Lipinski definition) is 2. The summed E-state index contributed by atoms with van der Waals surface area (Å²) >= 11 is 0. The first kappa shape index (κ1) is 14.8. The fourth-order valence-corrected chi connectivity index (χ4v) is 1.59. The van der Waals surface area contributed by atoms with Gasteiger partial charge in [0.15, 0.2) is 0 Å². The molecule has 0 saturated heterocycles. The number of ether oxygens (including phenoxy) is 1. The molecule has 2 N–H and O–H groups in total. The van der Waals surface area contributed by atoms with E-state index in [1.807, 2.05) is 18.9 Å². The molecule has 4 nitrogen and oxygen atoms in total. The van der Waals surface area contributed by atoms with Gasteiger partial charge in [-0.2, -0.15) is 0 Å². The summed E-state index contributed by atoms with van der Waals surface area (Å²) in [6.45, 7) is 5.99. The van der Waals surface area contributed by atoms with Crippen molar-refractivity contribution in [1.82, 2.24) is 4.90 Å². The van der Waals surface area contributed by atoms with Crippen LogP contribution >= 0.6 is 0 Å². The van der Waals surface area contributed by atoms with E-state index in [2.05, 4.69) is 6.92 Å². The average Bonchev–Trinajstić information content (AvgIpc) is 2.17. The zero-order chi connectivity index (χ0) is 11.9. The van der Waals surface area contributed by atoms with Gasteiger partial charge in [0.05, 0.1) is 12.7 Å². The highest BCUT2D eigenvalue weighted by molar-refractivity contribution is 4.76. The minimum atomic E-state index is -0.459. The van der Waals surface area contributed by atoms with E-state index in [1.165, 1.54) is 0 Å². The predicted octanol–water partition coefficient (Wildman–Crippen LogP) is 0.334. The maximum atomic E-state index is 9.53. The molecule has 0 bridgehead atoms. The molecule has 0 aromatic carbocycles. The summed E-state index contributed by atoms with van der Waals surface area (Å²) in [4.78, 5) is 2.03. The van der Waals surface area contributed by atoms with Crippen LogP contribution in [0.2, 0.25) is 0 Å². The second-order valence-corrected chi connectivity index (χ2v) is 4.63. The minimum Gasteiger partial charge on any atom is -0.396 e.